The standard InChI is InChI=1S/C25H46NO2.ClH/c1-4-5-6-7-8-9-10-11-12-16-19-26(20-23(2)27,21-24(3)28)22-25-17-14-13-15-18-25;/h13-15,17-18,23-24,27-28H,4-12,16,19-22H2,1-3H3;1H/q+1;/p-1. The minimum absolute atomic E-state index is 0. The van der Waals surface area contributed by atoms with E-state index in [-0.39, 0.29) is 24.6 Å². The maximum atomic E-state index is 10.1. The Hall–Kier alpha value is -0.610. The highest BCUT2D eigenvalue weighted by atomic mass is 35.5. The molecule has 1 aromatic rings. The molecule has 170 valence electrons. The molecule has 1 aromatic carbocycles. The van der Waals surface area contributed by atoms with E-state index in [2.05, 4.69) is 31.2 Å². The first kappa shape index (κ1) is 28.4. The SMILES string of the molecule is CCCCCCCCCCCC[N+](Cc1ccccc1)(CC(C)O)CC(C)O.[Cl-]. The summed E-state index contributed by atoms with van der Waals surface area (Å²) < 4.78 is 0.774. The van der Waals surface area contributed by atoms with E-state index in [0.717, 1.165) is 17.6 Å². The number of quaternary nitrogens is 1. The summed E-state index contributed by atoms with van der Waals surface area (Å²) in [6.45, 7) is 9.34. The molecule has 0 aliphatic heterocycles. The first-order chi connectivity index (χ1) is 13.5. The van der Waals surface area contributed by atoms with Gasteiger partial charge in [0, 0.05) is 5.56 Å². The Labute approximate surface area is 186 Å². The molecule has 0 spiro atoms. The van der Waals surface area contributed by atoms with Crippen molar-refractivity contribution in [3.05, 3.63) is 35.9 Å². The molecular weight excluding hydrogens is 382 g/mol. The number of unbranched alkanes of at least 4 members (excludes halogenated alkanes) is 9. The van der Waals surface area contributed by atoms with Crippen molar-refractivity contribution in [3.8, 4) is 0 Å². The van der Waals surface area contributed by atoms with Gasteiger partial charge < -0.3 is 27.1 Å². The second kappa shape index (κ2) is 17.1. The quantitative estimate of drug-likeness (QED) is 0.296. The lowest BCUT2D eigenvalue weighted by Gasteiger charge is -2.41. The molecule has 0 bridgehead atoms. The lowest BCUT2D eigenvalue weighted by atomic mass is 10.1. The highest BCUT2D eigenvalue weighted by Crippen LogP contribution is 2.20. The van der Waals surface area contributed by atoms with Gasteiger partial charge in [-0.25, -0.2) is 0 Å². The molecule has 0 aliphatic carbocycles. The minimum Gasteiger partial charge on any atom is -1.00 e. The molecule has 3 nitrogen and oxygen atoms in total. The zero-order valence-electron chi connectivity index (χ0n) is 19.2. The van der Waals surface area contributed by atoms with Gasteiger partial charge in [0.05, 0.1) is 6.54 Å². The summed E-state index contributed by atoms with van der Waals surface area (Å²) in [5.74, 6) is 0. The third-order valence-electron chi connectivity index (χ3n) is 5.65. The third kappa shape index (κ3) is 14.1. The van der Waals surface area contributed by atoms with Crippen LogP contribution in [0.3, 0.4) is 0 Å². The Balaban J connectivity index is 0.00000784. The van der Waals surface area contributed by atoms with Crippen LogP contribution < -0.4 is 12.4 Å². The molecule has 2 atom stereocenters. The van der Waals surface area contributed by atoms with Gasteiger partial charge in [-0.05, 0) is 26.7 Å². The number of aliphatic hydroxyl groups is 2. The van der Waals surface area contributed by atoms with Crippen LogP contribution >= 0.6 is 0 Å². The molecule has 0 saturated carbocycles. The molecule has 1 rings (SSSR count). The predicted molar refractivity (Wildman–Crippen MR) is 120 cm³/mol. The summed E-state index contributed by atoms with van der Waals surface area (Å²) in [6, 6.07) is 10.5. The topological polar surface area (TPSA) is 40.5 Å². The lowest BCUT2D eigenvalue weighted by molar-refractivity contribution is -0.946. The normalized spacial score (nSPS) is 15.3. The van der Waals surface area contributed by atoms with E-state index in [1.807, 2.05) is 19.9 Å². The van der Waals surface area contributed by atoms with Crippen LogP contribution in [-0.4, -0.2) is 46.5 Å². The fourth-order valence-electron chi connectivity index (χ4n) is 4.49. The lowest BCUT2D eigenvalue weighted by Crippen LogP contribution is -3.00. The molecule has 0 aromatic heterocycles. The Kier molecular flexibility index (Phi) is 16.7. The van der Waals surface area contributed by atoms with E-state index < -0.39 is 0 Å². The number of benzene rings is 1. The average molecular weight is 428 g/mol. The van der Waals surface area contributed by atoms with E-state index in [4.69, 9.17) is 0 Å². The van der Waals surface area contributed by atoms with Crippen molar-refractivity contribution < 1.29 is 27.1 Å². The molecule has 2 N–H and O–H groups in total. The Bertz CT molecular complexity index is 469. The smallest absolute Gasteiger partial charge is 0.105 e. The zero-order valence-corrected chi connectivity index (χ0v) is 19.9. The zero-order chi connectivity index (χ0) is 20.7. The predicted octanol–water partition coefficient (Wildman–Crippen LogP) is 2.69. The van der Waals surface area contributed by atoms with Crippen LogP contribution in [0.4, 0.5) is 0 Å². The van der Waals surface area contributed by atoms with Crippen molar-refractivity contribution in [1.82, 2.24) is 0 Å². The number of rotatable bonds is 17. The Morgan fingerprint density at radius 1 is 0.724 bits per heavy atom. The Morgan fingerprint density at radius 3 is 1.62 bits per heavy atom. The van der Waals surface area contributed by atoms with Gasteiger partial charge in [0.25, 0.3) is 0 Å². The average Bonchev–Trinajstić information content (AvgIpc) is 2.63. The second-order valence-electron chi connectivity index (χ2n) is 8.95. The summed E-state index contributed by atoms with van der Waals surface area (Å²) >= 11 is 0. The number of nitrogens with zero attached hydrogens (tertiary/aromatic N) is 1. The van der Waals surface area contributed by atoms with Crippen molar-refractivity contribution >= 4 is 0 Å². The van der Waals surface area contributed by atoms with Crippen LogP contribution in [0.15, 0.2) is 30.3 Å². The van der Waals surface area contributed by atoms with Crippen LogP contribution in [0, 0.1) is 0 Å². The molecule has 29 heavy (non-hydrogen) atoms. The van der Waals surface area contributed by atoms with E-state index in [9.17, 15) is 10.2 Å². The van der Waals surface area contributed by atoms with Gasteiger partial charge in [-0.15, -0.1) is 0 Å². The number of hydrogen-bond acceptors (Lipinski definition) is 2. The van der Waals surface area contributed by atoms with Crippen molar-refractivity contribution in [2.75, 3.05) is 19.6 Å². The van der Waals surface area contributed by atoms with E-state index in [0.29, 0.717) is 13.1 Å². The van der Waals surface area contributed by atoms with Crippen LogP contribution in [0.25, 0.3) is 0 Å². The molecule has 4 heteroatoms. The number of aliphatic hydroxyl groups excluding tert-OH is 2. The van der Waals surface area contributed by atoms with Crippen LogP contribution in [0.2, 0.25) is 0 Å². The second-order valence-corrected chi connectivity index (χ2v) is 8.95. The van der Waals surface area contributed by atoms with Crippen molar-refractivity contribution in [3.63, 3.8) is 0 Å². The molecule has 0 aliphatic rings. The summed E-state index contributed by atoms with van der Waals surface area (Å²) in [4.78, 5) is 0. The van der Waals surface area contributed by atoms with Crippen LogP contribution in [0.1, 0.15) is 90.5 Å². The molecular formula is C25H46ClNO2. The highest BCUT2D eigenvalue weighted by Gasteiger charge is 2.30. The van der Waals surface area contributed by atoms with Gasteiger partial charge in [0.15, 0.2) is 0 Å². The largest absolute Gasteiger partial charge is 1.00 e. The van der Waals surface area contributed by atoms with Gasteiger partial charge in [-0.1, -0.05) is 88.6 Å². The fourth-order valence-corrected chi connectivity index (χ4v) is 4.49. The maximum absolute atomic E-state index is 10.1. The van der Waals surface area contributed by atoms with Crippen LogP contribution in [-0.2, 0) is 6.54 Å². The summed E-state index contributed by atoms with van der Waals surface area (Å²) in [5.41, 5.74) is 1.29. The first-order valence-corrected chi connectivity index (χ1v) is 11.7. The number of hydrogen-bond donors (Lipinski definition) is 2. The van der Waals surface area contributed by atoms with E-state index in [1.54, 1.807) is 0 Å². The van der Waals surface area contributed by atoms with Crippen LogP contribution in [0.5, 0.6) is 0 Å². The molecule has 0 amide bonds. The monoisotopic (exact) mass is 427 g/mol. The van der Waals surface area contributed by atoms with Gasteiger partial charge in [0.1, 0.15) is 31.8 Å². The van der Waals surface area contributed by atoms with Crippen molar-refractivity contribution in [1.29, 1.82) is 0 Å². The number of halogens is 1. The minimum atomic E-state index is -0.356. The molecule has 0 saturated heterocycles. The van der Waals surface area contributed by atoms with Crippen molar-refractivity contribution in [2.45, 2.75) is 104 Å². The third-order valence-corrected chi connectivity index (χ3v) is 5.65. The molecule has 2 unspecified atom stereocenters. The Morgan fingerprint density at radius 2 is 1.17 bits per heavy atom. The highest BCUT2D eigenvalue weighted by molar-refractivity contribution is 5.13. The van der Waals surface area contributed by atoms with Gasteiger partial charge in [-0.3, -0.25) is 0 Å². The summed E-state index contributed by atoms with van der Waals surface area (Å²) in [5, 5.41) is 20.3. The van der Waals surface area contributed by atoms with Crippen molar-refractivity contribution in [2.24, 2.45) is 0 Å². The fraction of sp³-hybridized carbons (Fsp3) is 0.760. The molecule has 0 radical (unpaired) electrons. The maximum Gasteiger partial charge on any atom is 0.105 e. The summed E-state index contributed by atoms with van der Waals surface area (Å²) in [6.07, 6.45) is 12.6. The van der Waals surface area contributed by atoms with E-state index >= 15 is 0 Å². The van der Waals surface area contributed by atoms with Gasteiger partial charge >= 0.3 is 0 Å². The molecule has 0 fully saturated rings. The molecule has 0 heterocycles. The van der Waals surface area contributed by atoms with Gasteiger partial charge in [0.2, 0.25) is 0 Å². The van der Waals surface area contributed by atoms with E-state index in [1.165, 1.54) is 69.8 Å². The van der Waals surface area contributed by atoms with Gasteiger partial charge in [-0.2, -0.15) is 0 Å². The summed E-state index contributed by atoms with van der Waals surface area (Å²) in [7, 11) is 0. The first-order valence-electron chi connectivity index (χ1n) is 11.7.